The van der Waals surface area contributed by atoms with E-state index in [4.69, 9.17) is 11.6 Å². The fourth-order valence-electron chi connectivity index (χ4n) is 1.50. The van der Waals surface area contributed by atoms with E-state index in [1.165, 1.54) is 5.56 Å². The molecule has 16 heavy (non-hydrogen) atoms. The lowest BCUT2D eigenvalue weighted by atomic mass is 10.0. The zero-order valence-electron chi connectivity index (χ0n) is 9.79. The largest absolute Gasteiger partial charge is 0.326 e. The number of alkyl halides is 1. The van der Waals surface area contributed by atoms with Gasteiger partial charge in [-0.1, -0.05) is 26.0 Å². The Balaban J connectivity index is 2.54. The van der Waals surface area contributed by atoms with E-state index >= 15 is 0 Å². The van der Waals surface area contributed by atoms with Crippen molar-refractivity contribution in [1.29, 1.82) is 0 Å². The average molecular weight is 240 g/mol. The maximum atomic E-state index is 11.3. The van der Waals surface area contributed by atoms with Crippen molar-refractivity contribution in [3.05, 3.63) is 29.8 Å². The van der Waals surface area contributed by atoms with E-state index in [2.05, 4.69) is 31.3 Å². The van der Waals surface area contributed by atoms with Gasteiger partial charge in [0.25, 0.3) is 0 Å². The smallest absolute Gasteiger partial charge is 0.225 e. The molecule has 0 heterocycles. The summed E-state index contributed by atoms with van der Waals surface area (Å²) in [4.78, 5) is 11.3. The van der Waals surface area contributed by atoms with Gasteiger partial charge < -0.3 is 5.32 Å². The van der Waals surface area contributed by atoms with Crippen LogP contribution in [0.15, 0.2) is 24.3 Å². The Kier molecular flexibility index (Phi) is 5.33. The highest BCUT2D eigenvalue weighted by Gasteiger charge is 2.02. The Hall–Kier alpha value is -1.02. The molecule has 0 bridgehead atoms. The minimum atomic E-state index is -0.0355. The highest BCUT2D eigenvalue weighted by molar-refractivity contribution is 6.19. The quantitative estimate of drug-likeness (QED) is 0.784. The van der Waals surface area contributed by atoms with Crippen molar-refractivity contribution in [1.82, 2.24) is 0 Å². The van der Waals surface area contributed by atoms with Crippen LogP contribution in [0.5, 0.6) is 0 Å². The Morgan fingerprint density at radius 1 is 1.31 bits per heavy atom. The van der Waals surface area contributed by atoms with Crippen molar-refractivity contribution >= 4 is 23.2 Å². The third kappa shape index (κ3) is 4.67. The molecule has 0 aliphatic heterocycles. The first-order valence-electron chi connectivity index (χ1n) is 5.56. The zero-order valence-corrected chi connectivity index (χ0v) is 10.6. The highest BCUT2D eigenvalue weighted by Crippen LogP contribution is 2.13. The lowest BCUT2D eigenvalue weighted by Crippen LogP contribution is -2.11. The standard InChI is InChI=1S/C13H18ClNO/c1-10(2)9-11-3-5-12(6-4-11)15-13(16)7-8-14/h3-6,10H,7-9H2,1-2H3,(H,15,16). The molecule has 0 aromatic heterocycles. The summed E-state index contributed by atoms with van der Waals surface area (Å²) < 4.78 is 0. The van der Waals surface area contributed by atoms with Crippen LogP contribution >= 0.6 is 11.6 Å². The summed E-state index contributed by atoms with van der Waals surface area (Å²) in [5.74, 6) is 0.973. The van der Waals surface area contributed by atoms with Crippen molar-refractivity contribution in [3.63, 3.8) is 0 Å². The molecule has 2 nitrogen and oxygen atoms in total. The molecule has 0 unspecified atom stereocenters. The normalized spacial score (nSPS) is 10.5. The van der Waals surface area contributed by atoms with Crippen molar-refractivity contribution in [2.75, 3.05) is 11.2 Å². The molecule has 0 spiro atoms. The maximum Gasteiger partial charge on any atom is 0.225 e. The number of amides is 1. The number of nitrogens with one attached hydrogen (secondary N) is 1. The highest BCUT2D eigenvalue weighted by atomic mass is 35.5. The molecule has 0 saturated heterocycles. The summed E-state index contributed by atoms with van der Waals surface area (Å²) in [7, 11) is 0. The van der Waals surface area contributed by atoms with Crippen LogP contribution in [0.3, 0.4) is 0 Å². The summed E-state index contributed by atoms with van der Waals surface area (Å²) >= 11 is 5.48. The molecule has 1 aromatic rings. The third-order valence-electron chi connectivity index (χ3n) is 2.20. The molecule has 0 aliphatic carbocycles. The number of halogens is 1. The number of rotatable bonds is 5. The number of carbonyl (C=O) groups excluding carboxylic acids is 1. The third-order valence-corrected chi connectivity index (χ3v) is 2.39. The topological polar surface area (TPSA) is 29.1 Å². The van der Waals surface area contributed by atoms with Crippen LogP contribution in [-0.4, -0.2) is 11.8 Å². The van der Waals surface area contributed by atoms with E-state index in [0.717, 1.165) is 12.1 Å². The summed E-state index contributed by atoms with van der Waals surface area (Å²) in [6, 6.07) is 7.97. The lowest BCUT2D eigenvalue weighted by Gasteiger charge is -2.07. The van der Waals surface area contributed by atoms with E-state index in [1.54, 1.807) is 0 Å². The number of benzene rings is 1. The first kappa shape index (κ1) is 13.0. The van der Waals surface area contributed by atoms with Gasteiger partial charge >= 0.3 is 0 Å². The fraction of sp³-hybridized carbons (Fsp3) is 0.462. The summed E-state index contributed by atoms with van der Waals surface area (Å²) in [6.07, 6.45) is 1.42. The summed E-state index contributed by atoms with van der Waals surface area (Å²) in [5.41, 5.74) is 2.13. The molecule has 0 radical (unpaired) electrons. The minimum Gasteiger partial charge on any atom is -0.326 e. The lowest BCUT2D eigenvalue weighted by molar-refractivity contribution is -0.115. The van der Waals surface area contributed by atoms with Gasteiger partial charge in [0, 0.05) is 18.0 Å². The molecule has 1 amide bonds. The summed E-state index contributed by atoms with van der Waals surface area (Å²) in [6.45, 7) is 4.38. The van der Waals surface area contributed by atoms with Crippen LogP contribution in [0.4, 0.5) is 5.69 Å². The second kappa shape index (κ2) is 6.54. The van der Waals surface area contributed by atoms with Gasteiger partial charge in [0.15, 0.2) is 0 Å². The van der Waals surface area contributed by atoms with Gasteiger partial charge in [-0.3, -0.25) is 4.79 Å². The number of carbonyl (C=O) groups is 1. The molecule has 1 aromatic carbocycles. The molecule has 0 saturated carbocycles. The van der Waals surface area contributed by atoms with Crippen LogP contribution in [0.2, 0.25) is 0 Å². The average Bonchev–Trinajstić information content (AvgIpc) is 2.20. The first-order chi connectivity index (χ1) is 7.61. The van der Waals surface area contributed by atoms with Crippen molar-refractivity contribution < 1.29 is 4.79 Å². The SMILES string of the molecule is CC(C)Cc1ccc(NC(=O)CCCl)cc1. The van der Waals surface area contributed by atoms with E-state index in [0.29, 0.717) is 18.2 Å². The van der Waals surface area contributed by atoms with Crippen molar-refractivity contribution in [3.8, 4) is 0 Å². The zero-order chi connectivity index (χ0) is 12.0. The molecule has 1 rings (SSSR count). The van der Waals surface area contributed by atoms with E-state index in [-0.39, 0.29) is 5.91 Å². The Labute approximate surface area is 102 Å². The van der Waals surface area contributed by atoms with Crippen LogP contribution in [0.25, 0.3) is 0 Å². The first-order valence-corrected chi connectivity index (χ1v) is 6.10. The second-order valence-electron chi connectivity index (χ2n) is 4.28. The molecular weight excluding hydrogens is 222 g/mol. The number of hydrogen-bond acceptors (Lipinski definition) is 1. The molecule has 88 valence electrons. The van der Waals surface area contributed by atoms with Crippen LogP contribution < -0.4 is 5.32 Å². The van der Waals surface area contributed by atoms with Crippen molar-refractivity contribution in [2.24, 2.45) is 5.92 Å². The van der Waals surface area contributed by atoms with Gasteiger partial charge in [-0.05, 0) is 30.0 Å². The van der Waals surface area contributed by atoms with E-state index < -0.39 is 0 Å². The number of hydrogen-bond donors (Lipinski definition) is 1. The van der Waals surface area contributed by atoms with Crippen LogP contribution in [-0.2, 0) is 11.2 Å². The minimum absolute atomic E-state index is 0.0355. The van der Waals surface area contributed by atoms with E-state index in [9.17, 15) is 4.79 Å². The Morgan fingerprint density at radius 2 is 1.94 bits per heavy atom. The second-order valence-corrected chi connectivity index (χ2v) is 4.66. The van der Waals surface area contributed by atoms with Gasteiger partial charge in [0.1, 0.15) is 0 Å². The predicted molar refractivity (Wildman–Crippen MR) is 69.0 cm³/mol. The molecule has 3 heteroatoms. The molecule has 0 fully saturated rings. The van der Waals surface area contributed by atoms with Crippen LogP contribution in [0, 0.1) is 5.92 Å². The van der Waals surface area contributed by atoms with Crippen molar-refractivity contribution in [2.45, 2.75) is 26.7 Å². The fourth-order valence-corrected chi connectivity index (χ4v) is 1.68. The molecular formula is C13H18ClNO. The van der Waals surface area contributed by atoms with Gasteiger partial charge in [-0.15, -0.1) is 11.6 Å². The summed E-state index contributed by atoms with van der Waals surface area (Å²) in [5, 5.41) is 2.80. The maximum absolute atomic E-state index is 11.3. The number of anilines is 1. The Bertz CT molecular complexity index is 332. The van der Waals surface area contributed by atoms with Gasteiger partial charge in [0.2, 0.25) is 5.91 Å². The van der Waals surface area contributed by atoms with E-state index in [1.807, 2.05) is 12.1 Å². The molecule has 0 aliphatic rings. The molecule has 1 N–H and O–H groups in total. The van der Waals surface area contributed by atoms with Gasteiger partial charge in [-0.2, -0.15) is 0 Å². The predicted octanol–water partition coefficient (Wildman–Crippen LogP) is 3.45. The van der Waals surface area contributed by atoms with Gasteiger partial charge in [0.05, 0.1) is 0 Å². The Morgan fingerprint density at radius 3 is 2.44 bits per heavy atom. The monoisotopic (exact) mass is 239 g/mol. The molecule has 0 atom stereocenters. The van der Waals surface area contributed by atoms with Crippen LogP contribution in [0.1, 0.15) is 25.8 Å². The van der Waals surface area contributed by atoms with Gasteiger partial charge in [-0.25, -0.2) is 0 Å².